The van der Waals surface area contributed by atoms with Gasteiger partial charge in [0.25, 0.3) is 0 Å². The smallest absolute Gasteiger partial charge is 0.199 e. The lowest BCUT2D eigenvalue weighted by Crippen LogP contribution is -1.86. The summed E-state index contributed by atoms with van der Waals surface area (Å²) in [6.45, 7) is 0.0185. The number of aliphatic hydroxyl groups excluding tert-OH is 1. The Hall–Kier alpha value is -2.13. The van der Waals surface area contributed by atoms with Crippen molar-refractivity contribution in [3.63, 3.8) is 0 Å². The molecule has 0 radical (unpaired) electrons. The van der Waals surface area contributed by atoms with Crippen molar-refractivity contribution in [3.8, 4) is 0 Å². The van der Waals surface area contributed by atoms with E-state index in [2.05, 4.69) is 4.98 Å². The number of hydrogen-bond donors (Lipinski definition) is 1. The Balaban J connectivity index is 1.94. The molecule has 0 unspecified atom stereocenters. The highest BCUT2D eigenvalue weighted by Crippen LogP contribution is 2.19. The van der Waals surface area contributed by atoms with Gasteiger partial charge in [0.1, 0.15) is 5.52 Å². The Morgan fingerprint density at radius 3 is 2.61 bits per heavy atom. The molecule has 0 aliphatic heterocycles. The fourth-order valence-corrected chi connectivity index (χ4v) is 1.96. The van der Waals surface area contributed by atoms with Gasteiger partial charge in [-0.15, -0.1) is 0 Å². The number of rotatable bonds is 3. The van der Waals surface area contributed by atoms with Crippen molar-refractivity contribution in [2.24, 2.45) is 0 Å². The van der Waals surface area contributed by atoms with Gasteiger partial charge in [0.05, 0.1) is 6.61 Å². The molecule has 3 nitrogen and oxygen atoms in total. The fourth-order valence-electron chi connectivity index (χ4n) is 1.96. The third-order valence-corrected chi connectivity index (χ3v) is 2.88. The SMILES string of the molecule is OCc1ccc2nc(Cc3ccccc3)oc2c1. The van der Waals surface area contributed by atoms with Crippen LogP contribution >= 0.6 is 0 Å². The van der Waals surface area contributed by atoms with Crippen molar-refractivity contribution >= 4 is 11.1 Å². The largest absolute Gasteiger partial charge is 0.440 e. The molecule has 0 saturated heterocycles. The molecular weight excluding hydrogens is 226 g/mol. The first kappa shape index (κ1) is 11.0. The van der Waals surface area contributed by atoms with Crippen molar-refractivity contribution in [3.05, 3.63) is 65.5 Å². The maximum absolute atomic E-state index is 9.08. The summed E-state index contributed by atoms with van der Waals surface area (Å²) in [5, 5.41) is 9.08. The van der Waals surface area contributed by atoms with Gasteiger partial charge < -0.3 is 9.52 Å². The summed E-state index contributed by atoms with van der Waals surface area (Å²) in [5.41, 5.74) is 3.57. The molecule has 2 aromatic carbocycles. The quantitative estimate of drug-likeness (QED) is 0.764. The number of oxazole rings is 1. The van der Waals surface area contributed by atoms with Crippen molar-refractivity contribution in [1.82, 2.24) is 4.98 Å². The van der Waals surface area contributed by atoms with Gasteiger partial charge >= 0.3 is 0 Å². The van der Waals surface area contributed by atoms with Gasteiger partial charge in [-0.3, -0.25) is 0 Å². The van der Waals surface area contributed by atoms with E-state index in [9.17, 15) is 0 Å². The van der Waals surface area contributed by atoms with Gasteiger partial charge in [-0.25, -0.2) is 4.98 Å². The standard InChI is InChI=1S/C15H13NO2/c17-10-12-6-7-13-14(8-12)18-15(16-13)9-11-4-2-1-3-5-11/h1-8,17H,9-10H2. The predicted octanol–water partition coefficient (Wildman–Crippen LogP) is 2.91. The molecule has 0 fully saturated rings. The molecule has 1 aromatic heterocycles. The molecule has 1 N–H and O–H groups in total. The molecule has 1 heterocycles. The van der Waals surface area contributed by atoms with Gasteiger partial charge in [-0.1, -0.05) is 36.4 Å². The van der Waals surface area contributed by atoms with Crippen LogP contribution in [0.25, 0.3) is 11.1 Å². The lowest BCUT2D eigenvalue weighted by Gasteiger charge is -1.95. The zero-order chi connectivity index (χ0) is 12.4. The predicted molar refractivity (Wildman–Crippen MR) is 69.2 cm³/mol. The van der Waals surface area contributed by atoms with E-state index in [1.807, 2.05) is 48.5 Å². The minimum Gasteiger partial charge on any atom is -0.440 e. The molecule has 0 aliphatic carbocycles. The van der Waals surface area contributed by atoms with Crippen LogP contribution in [0.1, 0.15) is 17.0 Å². The highest BCUT2D eigenvalue weighted by molar-refractivity contribution is 5.73. The van der Waals surface area contributed by atoms with E-state index in [0.717, 1.165) is 16.7 Å². The summed E-state index contributed by atoms with van der Waals surface area (Å²) in [7, 11) is 0. The van der Waals surface area contributed by atoms with Crippen LogP contribution in [0, 0.1) is 0 Å². The number of hydrogen-bond acceptors (Lipinski definition) is 3. The summed E-state index contributed by atoms with van der Waals surface area (Å²) < 4.78 is 5.69. The second kappa shape index (κ2) is 4.63. The average molecular weight is 239 g/mol. The van der Waals surface area contributed by atoms with Crippen LogP contribution in [0.3, 0.4) is 0 Å². The number of aromatic nitrogens is 1. The van der Waals surface area contributed by atoms with Gasteiger partial charge in [-0.2, -0.15) is 0 Å². The minimum atomic E-state index is 0.0185. The summed E-state index contributed by atoms with van der Waals surface area (Å²) in [6.07, 6.45) is 0.685. The number of nitrogens with zero attached hydrogens (tertiary/aromatic N) is 1. The molecule has 3 rings (SSSR count). The van der Waals surface area contributed by atoms with Crippen LogP contribution in [0.15, 0.2) is 52.9 Å². The van der Waals surface area contributed by atoms with E-state index < -0.39 is 0 Å². The zero-order valence-corrected chi connectivity index (χ0v) is 9.84. The lowest BCUT2D eigenvalue weighted by molar-refractivity contribution is 0.282. The molecule has 3 heteroatoms. The Morgan fingerprint density at radius 1 is 1.00 bits per heavy atom. The molecule has 0 spiro atoms. The minimum absolute atomic E-state index is 0.0185. The van der Waals surface area contributed by atoms with E-state index in [1.165, 1.54) is 5.56 Å². The van der Waals surface area contributed by atoms with E-state index in [4.69, 9.17) is 9.52 Å². The van der Waals surface area contributed by atoms with Gasteiger partial charge in [0.2, 0.25) is 0 Å². The summed E-state index contributed by atoms with van der Waals surface area (Å²) in [5.74, 6) is 0.700. The topological polar surface area (TPSA) is 46.3 Å². The molecule has 3 aromatic rings. The number of benzene rings is 2. The average Bonchev–Trinajstić information content (AvgIpc) is 2.80. The van der Waals surface area contributed by atoms with E-state index >= 15 is 0 Å². The van der Waals surface area contributed by atoms with Crippen molar-refractivity contribution < 1.29 is 9.52 Å². The third kappa shape index (κ3) is 2.13. The molecule has 0 atom stereocenters. The molecule has 0 aliphatic rings. The molecular formula is C15H13NO2. The van der Waals surface area contributed by atoms with Gasteiger partial charge in [0.15, 0.2) is 11.5 Å². The van der Waals surface area contributed by atoms with Crippen LogP contribution < -0.4 is 0 Å². The van der Waals surface area contributed by atoms with Crippen LogP contribution in [0.5, 0.6) is 0 Å². The fraction of sp³-hybridized carbons (Fsp3) is 0.133. The van der Waals surface area contributed by atoms with Crippen LogP contribution in [0.4, 0.5) is 0 Å². The maximum atomic E-state index is 9.08. The second-order valence-corrected chi connectivity index (χ2v) is 4.23. The monoisotopic (exact) mass is 239 g/mol. The highest BCUT2D eigenvalue weighted by Gasteiger charge is 2.06. The first-order valence-electron chi connectivity index (χ1n) is 5.88. The maximum Gasteiger partial charge on any atom is 0.199 e. The molecule has 0 amide bonds. The van der Waals surface area contributed by atoms with Crippen LogP contribution in [0.2, 0.25) is 0 Å². The van der Waals surface area contributed by atoms with Crippen LogP contribution in [-0.2, 0) is 13.0 Å². The first-order chi connectivity index (χ1) is 8.85. The summed E-state index contributed by atoms with van der Waals surface area (Å²) in [4.78, 5) is 4.44. The highest BCUT2D eigenvalue weighted by atomic mass is 16.3. The molecule has 18 heavy (non-hydrogen) atoms. The van der Waals surface area contributed by atoms with Crippen molar-refractivity contribution in [1.29, 1.82) is 0 Å². The summed E-state index contributed by atoms with van der Waals surface area (Å²) >= 11 is 0. The molecule has 0 bridgehead atoms. The normalized spacial score (nSPS) is 10.9. The van der Waals surface area contributed by atoms with Gasteiger partial charge in [0, 0.05) is 6.42 Å². The first-order valence-corrected chi connectivity index (χ1v) is 5.88. The Morgan fingerprint density at radius 2 is 1.83 bits per heavy atom. The van der Waals surface area contributed by atoms with E-state index in [-0.39, 0.29) is 6.61 Å². The Labute approximate surface area is 105 Å². The third-order valence-electron chi connectivity index (χ3n) is 2.88. The van der Waals surface area contributed by atoms with Crippen molar-refractivity contribution in [2.75, 3.05) is 0 Å². The molecule has 90 valence electrons. The Bertz CT molecular complexity index is 659. The van der Waals surface area contributed by atoms with Crippen molar-refractivity contribution in [2.45, 2.75) is 13.0 Å². The number of aliphatic hydroxyl groups is 1. The van der Waals surface area contributed by atoms with E-state index in [0.29, 0.717) is 12.3 Å². The van der Waals surface area contributed by atoms with Crippen LogP contribution in [-0.4, -0.2) is 10.1 Å². The van der Waals surface area contributed by atoms with E-state index in [1.54, 1.807) is 0 Å². The lowest BCUT2D eigenvalue weighted by atomic mass is 10.1. The molecule has 0 saturated carbocycles. The Kier molecular flexibility index (Phi) is 2.82. The zero-order valence-electron chi connectivity index (χ0n) is 9.84. The number of fused-ring (bicyclic) bond motifs is 1. The summed E-state index contributed by atoms with van der Waals surface area (Å²) in [6, 6.07) is 15.7. The second-order valence-electron chi connectivity index (χ2n) is 4.23. The van der Waals surface area contributed by atoms with Gasteiger partial charge in [-0.05, 0) is 23.3 Å².